The lowest BCUT2D eigenvalue weighted by molar-refractivity contribution is -0.134. The summed E-state index contributed by atoms with van der Waals surface area (Å²) in [6, 6.07) is 0. The Balaban J connectivity index is 4.06. The predicted octanol–water partition coefficient (Wildman–Crippen LogP) is 0.913. The van der Waals surface area contributed by atoms with Crippen molar-refractivity contribution in [1.82, 2.24) is 0 Å². The molecular formula is C7H7NO3. The lowest BCUT2D eigenvalue weighted by Gasteiger charge is -1.98. The Morgan fingerprint density at radius 1 is 1.55 bits per heavy atom. The molecule has 0 radical (unpaired) electrons. The maximum Gasteiger partial charge on any atom is 0.339 e. The highest BCUT2D eigenvalue weighted by atomic mass is 16.5. The Hall–Kier alpha value is -1.67. The van der Waals surface area contributed by atoms with Gasteiger partial charge in [0.2, 0.25) is 12.0 Å². The highest BCUT2D eigenvalue weighted by molar-refractivity contribution is 5.87. The van der Waals surface area contributed by atoms with Crippen LogP contribution in [-0.4, -0.2) is 12.0 Å². The average molecular weight is 153 g/mol. The van der Waals surface area contributed by atoms with Gasteiger partial charge in [0, 0.05) is 5.57 Å². The number of carbonyl (C=O) groups excluding carboxylic acids is 2. The minimum Gasteiger partial charge on any atom is -0.404 e. The van der Waals surface area contributed by atoms with Crippen molar-refractivity contribution >= 4 is 12.0 Å². The van der Waals surface area contributed by atoms with Gasteiger partial charge in [-0.3, -0.25) is 0 Å². The minimum atomic E-state index is -0.658. The van der Waals surface area contributed by atoms with Gasteiger partial charge in [0.05, 0.1) is 0 Å². The summed E-state index contributed by atoms with van der Waals surface area (Å²) in [7, 11) is 0. The van der Waals surface area contributed by atoms with E-state index in [-0.39, 0.29) is 11.5 Å². The Bertz CT molecular complexity index is 236. The van der Waals surface area contributed by atoms with Gasteiger partial charge in [-0.1, -0.05) is 6.58 Å². The Morgan fingerprint density at radius 2 is 2.09 bits per heavy atom. The van der Waals surface area contributed by atoms with Gasteiger partial charge in [0.15, 0.2) is 0 Å². The summed E-state index contributed by atoms with van der Waals surface area (Å²) in [6.07, 6.45) is 1.18. The first-order valence-electron chi connectivity index (χ1n) is 2.72. The average Bonchev–Trinajstić information content (AvgIpc) is 1.87. The fourth-order valence-corrected chi connectivity index (χ4v) is 0.268. The van der Waals surface area contributed by atoms with E-state index in [1.807, 2.05) is 0 Å². The van der Waals surface area contributed by atoms with Gasteiger partial charge >= 0.3 is 5.97 Å². The topological polar surface area (TPSA) is 55.7 Å². The Morgan fingerprint density at radius 3 is 2.45 bits per heavy atom. The standard InChI is InChI=1S/C7H7NO3/c1-5(2)7(10)11-6(3)8-4-9/h1,3H2,2H3. The maximum atomic E-state index is 10.7. The van der Waals surface area contributed by atoms with Crippen molar-refractivity contribution in [2.24, 2.45) is 4.99 Å². The number of hydrogen-bond acceptors (Lipinski definition) is 4. The van der Waals surface area contributed by atoms with Crippen LogP contribution in [0.3, 0.4) is 0 Å². The van der Waals surface area contributed by atoms with E-state index in [1.54, 1.807) is 0 Å². The second-order valence-electron chi connectivity index (χ2n) is 1.77. The van der Waals surface area contributed by atoms with Crippen molar-refractivity contribution in [3.8, 4) is 0 Å². The van der Waals surface area contributed by atoms with Gasteiger partial charge in [0.25, 0.3) is 0 Å². The number of nitrogens with zero attached hydrogens (tertiary/aromatic N) is 1. The van der Waals surface area contributed by atoms with Gasteiger partial charge in [-0.25, -0.2) is 9.59 Å². The van der Waals surface area contributed by atoms with Crippen LogP contribution < -0.4 is 0 Å². The molecule has 0 rings (SSSR count). The normalized spacial score (nSPS) is 7.73. The van der Waals surface area contributed by atoms with Crippen molar-refractivity contribution < 1.29 is 14.3 Å². The van der Waals surface area contributed by atoms with Crippen LogP contribution in [0.1, 0.15) is 6.92 Å². The molecule has 0 aromatic heterocycles. The third-order valence-electron chi connectivity index (χ3n) is 0.729. The van der Waals surface area contributed by atoms with Crippen LogP contribution in [0, 0.1) is 0 Å². The van der Waals surface area contributed by atoms with Crippen LogP contribution in [0.4, 0.5) is 0 Å². The largest absolute Gasteiger partial charge is 0.404 e. The number of isocyanates is 1. The van der Waals surface area contributed by atoms with Crippen molar-refractivity contribution in [2.45, 2.75) is 6.92 Å². The fraction of sp³-hybridized carbons (Fsp3) is 0.143. The molecule has 4 nitrogen and oxygen atoms in total. The van der Waals surface area contributed by atoms with E-state index in [1.165, 1.54) is 13.0 Å². The first-order chi connectivity index (χ1) is 5.07. The zero-order valence-electron chi connectivity index (χ0n) is 6.09. The zero-order valence-corrected chi connectivity index (χ0v) is 6.09. The molecule has 0 heterocycles. The molecule has 0 bridgehead atoms. The summed E-state index contributed by atoms with van der Waals surface area (Å²) in [5, 5.41) is 0. The van der Waals surface area contributed by atoms with Crippen LogP contribution in [0.25, 0.3) is 0 Å². The number of hydrogen-bond donors (Lipinski definition) is 0. The van der Waals surface area contributed by atoms with Crippen molar-refractivity contribution in [3.05, 3.63) is 24.6 Å². The van der Waals surface area contributed by atoms with E-state index in [9.17, 15) is 9.59 Å². The van der Waals surface area contributed by atoms with Gasteiger partial charge < -0.3 is 4.74 Å². The van der Waals surface area contributed by atoms with E-state index in [0.29, 0.717) is 0 Å². The summed E-state index contributed by atoms with van der Waals surface area (Å²) in [5.41, 5.74) is 0.215. The SMILES string of the molecule is C=C(N=C=O)OC(=O)C(=C)C. The molecule has 0 aliphatic carbocycles. The van der Waals surface area contributed by atoms with E-state index in [4.69, 9.17) is 0 Å². The van der Waals surface area contributed by atoms with Crippen LogP contribution in [-0.2, 0) is 14.3 Å². The molecule has 11 heavy (non-hydrogen) atoms. The molecule has 0 atom stereocenters. The third-order valence-corrected chi connectivity index (χ3v) is 0.729. The minimum absolute atomic E-state index is 0.215. The number of esters is 1. The second-order valence-corrected chi connectivity index (χ2v) is 1.77. The molecular weight excluding hydrogens is 146 g/mol. The predicted molar refractivity (Wildman–Crippen MR) is 38.2 cm³/mol. The molecule has 0 amide bonds. The van der Waals surface area contributed by atoms with Crippen molar-refractivity contribution in [1.29, 1.82) is 0 Å². The lowest BCUT2D eigenvalue weighted by atomic mass is 10.4. The molecule has 0 N–H and O–H groups in total. The molecule has 0 aromatic carbocycles. The number of carbonyl (C=O) groups is 1. The summed E-state index contributed by atoms with van der Waals surface area (Å²) >= 11 is 0. The Kier molecular flexibility index (Phi) is 3.56. The first-order valence-corrected chi connectivity index (χ1v) is 2.72. The molecule has 0 fully saturated rings. The van der Waals surface area contributed by atoms with Crippen LogP contribution >= 0.6 is 0 Å². The van der Waals surface area contributed by atoms with E-state index < -0.39 is 5.97 Å². The van der Waals surface area contributed by atoms with Crippen molar-refractivity contribution in [3.63, 3.8) is 0 Å². The highest BCUT2D eigenvalue weighted by Gasteiger charge is 2.03. The zero-order chi connectivity index (χ0) is 8.85. The maximum absolute atomic E-state index is 10.7. The van der Waals surface area contributed by atoms with Crippen LogP contribution in [0.2, 0.25) is 0 Å². The van der Waals surface area contributed by atoms with E-state index in [0.717, 1.165) is 0 Å². The van der Waals surface area contributed by atoms with Crippen molar-refractivity contribution in [2.75, 3.05) is 0 Å². The van der Waals surface area contributed by atoms with Gasteiger partial charge in [0.1, 0.15) is 0 Å². The number of aliphatic imine (C=N–C) groups is 1. The summed E-state index contributed by atoms with van der Waals surface area (Å²) in [5.74, 6) is -0.943. The molecule has 0 unspecified atom stereocenters. The van der Waals surface area contributed by atoms with Crippen LogP contribution in [0.15, 0.2) is 29.6 Å². The molecule has 0 saturated heterocycles. The lowest BCUT2D eigenvalue weighted by Crippen LogP contribution is -2.02. The second kappa shape index (κ2) is 4.19. The van der Waals surface area contributed by atoms with Gasteiger partial charge in [-0.05, 0) is 13.5 Å². The molecule has 58 valence electrons. The van der Waals surface area contributed by atoms with Gasteiger partial charge in [-0.2, -0.15) is 0 Å². The molecule has 0 aromatic rings. The number of rotatable bonds is 3. The first kappa shape index (κ1) is 9.33. The molecule has 0 aliphatic rings. The van der Waals surface area contributed by atoms with E-state index >= 15 is 0 Å². The summed E-state index contributed by atoms with van der Waals surface area (Å²) < 4.78 is 4.39. The van der Waals surface area contributed by atoms with Crippen LogP contribution in [0.5, 0.6) is 0 Å². The quantitative estimate of drug-likeness (QED) is 0.199. The molecule has 0 aliphatic heterocycles. The van der Waals surface area contributed by atoms with Gasteiger partial charge in [-0.15, -0.1) is 4.99 Å². The smallest absolute Gasteiger partial charge is 0.339 e. The number of ether oxygens (including phenoxy) is 1. The van der Waals surface area contributed by atoms with E-state index in [2.05, 4.69) is 22.9 Å². The summed E-state index contributed by atoms with van der Waals surface area (Å²) in [6.45, 7) is 7.94. The molecule has 0 spiro atoms. The third kappa shape index (κ3) is 3.83. The monoisotopic (exact) mass is 153 g/mol. The molecule has 0 saturated carbocycles. The molecule has 4 heteroatoms. The fourth-order valence-electron chi connectivity index (χ4n) is 0.268. The summed E-state index contributed by atoms with van der Waals surface area (Å²) in [4.78, 5) is 23.2. The Labute approximate surface area is 63.9 Å². The highest BCUT2D eigenvalue weighted by Crippen LogP contribution is 1.99.